The highest BCUT2D eigenvalue weighted by Crippen LogP contribution is 2.43. The van der Waals surface area contributed by atoms with Crippen LogP contribution in [0.5, 0.6) is 0 Å². The summed E-state index contributed by atoms with van der Waals surface area (Å²) in [4.78, 5) is 9.01. The lowest BCUT2D eigenvalue weighted by atomic mass is 9.95. The quantitative estimate of drug-likeness (QED) is 0.249. The standard InChI is InChI=1S/C33H19N3S/c34-19-21-14-15-35-30(16-21)29-13-11-24(20-36-29)23-10-12-27-31(17-23)37-32-18-28(22-6-2-1-3-7-22)25-8-4-5-9-26(25)33(27)32/h1-18,20H. The van der Waals surface area contributed by atoms with E-state index in [1.54, 1.807) is 18.3 Å². The molecule has 7 rings (SSSR count). The van der Waals surface area contributed by atoms with E-state index in [-0.39, 0.29) is 0 Å². The van der Waals surface area contributed by atoms with Gasteiger partial charge in [0.05, 0.1) is 23.0 Å². The third kappa shape index (κ3) is 3.65. The first-order valence-corrected chi connectivity index (χ1v) is 12.9. The molecule has 0 spiro atoms. The molecule has 0 atom stereocenters. The van der Waals surface area contributed by atoms with E-state index in [2.05, 4.69) is 101 Å². The van der Waals surface area contributed by atoms with Gasteiger partial charge in [0.15, 0.2) is 0 Å². The Kier molecular flexibility index (Phi) is 5.02. The second-order valence-electron chi connectivity index (χ2n) is 9.00. The van der Waals surface area contributed by atoms with E-state index in [0.717, 1.165) is 16.8 Å². The molecule has 0 saturated carbocycles. The van der Waals surface area contributed by atoms with Crippen molar-refractivity contribution in [3.8, 4) is 39.7 Å². The predicted octanol–water partition coefficient (Wildman–Crippen LogP) is 8.87. The summed E-state index contributed by atoms with van der Waals surface area (Å²) in [6.45, 7) is 0. The molecule has 3 heterocycles. The van der Waals surface area contributed by atoms with Crippen LogP contribution in [-0.2, 0) is 0 Å². The number of nitrogens with zero attached hydrogens (tertiary/aromatic N) is 3. The van der Waals surface area contributed by atoms with Gasteiger partial charge in [-0.2, -0.15) is 5.26 Å². The van der Waals surface area contributed by atoms with Gasteiger partial charge >= 0.3 is 0 Å². The van der Waals surface area contributed by atoms with E-state index in [1.807, 2.05) is 23.6 Å². The van der Waals surface area contributed by atoms with Crippen LogP contribution in [0.4, 0.5) is 0 Å². The molecule has 4 aromatic carbocycles. The number of nitriles is 1. The summed E-state index contributed by atoms with van der Waals surface area (Å²) in [7, 11) is 0. The number of fused-ring (bicyclic) bond motifs is 5. The summed E-state index contributed by atoms with van der Waals surface area (Å²) in [6, 6.07) is 38.0. The molecule has 0 N–H and O–H groups in total. The molecule has 0 aliphatic heterocycles. The van der Waals surface area contributed by atoms with Gasteiger partial charge in [0.25, 0.3) is 0 Å². The lowest BCUT2D eigenvalue weighted by Gasteiger charge is -2.09. The Balaban J connectivity index is 1.35. The summed E-state index contributed by atoms with van der Waals surface area (Å²) in [5.74, 6) is 0. The van der Waals surface area contributed by atoms with Gasteiger partial charge in [-0.3, -0.25) is 9.97 Å². The van der Waals surface area contributed by atoms with Crippen LogP contribution in [-0.4, -0.2) is 9.97 Å². The van der Waals surface area contributed by atoms with E-state index in [9.17, 15) is 5.26 Å². The first kappa shape index (κ1) is 21.4. The van der Waals surface area contributed by atoms with Gasteiger partial charge in [-0.15, -0.1) is 11.3 Å². The van der Waals surface area contributed by atoms with E-state index >= 15 is 0 Å². The molecule has 7 aromatic rings. The van der Waals surface area contributed by atoms with Crippen LogP contribution in [0.25, 0.3) is 64.6 Å². The average Bonchev–Trinajstić information content (AvgIpc) is 3.35. The van der Waals surface area contributed by atoms with E-state index < -0.39 is 0 Å². The number of benzene rings is 4. The zero-order valence-electron chi connectivity index (χ0n) is 19.7. The molecule has 3 nitrogen and oxygen atoms in total. The average molecular weight is 490 g/mol. The van der Waals surface area contributed by atoms with Gasteiger partial charge in [0.2, 0.25) is 0 Å². The first-order chi connectivity index (χ1) is 18.3. The minimum Gasteiger partial charge on any atom is -0.255 e. The van der Waals surface area contributed by atoms with Gasteiger partial charge < -0.3 is 0 Å². The van der Waals surface area contributed by atoms with Gasteiger partial charge in [-0.05, 0) is 57.8 Å². The van der Waals surface area contributed by atoms with Gasteiger partial charge in [-0.25, -0.2) is 0 Å². The van der Waals surface area contributed by atoms with Crippen LogP contribution in [0, 0.1) is 11.3 Å². The highest BCUT2D eigenvalue weighted by atomic mass is 32.1. The van der Waals surface area contributed by atoms with Crippen LogP contribution in [0.15, 0.2) is 116 Å². The number of thiophene rings is 1. The van der Waals surface area contributed by atoms with Gasteiger partial charge in [0, 0.05) is 38.1 Å². The van der Waals surface area contributed by atoms with Gasteiger partial charge in [0.1, 0.15) is 0 Å². The molecular formula is C33H19N3S. The van der Waals surface area contributed by atoms with E-state index in [4.69, 9.17) is 0 Å². The van der Waals surface area contributed by atoms with Crippen molar-refractivity contribution < 1.29 is 0 Å². The smallest absolute Gasteiger partial charge is 0.0992 e. The number of aromatic nitrogens is 2. The Morgan fingerprint density at radius 1 is 0.595 bits per heavy atom. The third-order valence-corrected chi connectivity index (χ3v) is 7.91. The minimum atomic E-state index is 0.578. The molecule has 37 heavy (non-hydrogen) atoms. The molecule has 4 heteroatoms. The third-order valence-electron chi connectivity index (χ3n) is 6.81. The molecular weight excluding hydrogens is 470 g/mol. The van der Waals surface area contributed by atoms with Crippen molar-refractivity contribution in [2.45, 2.75) is 0 Å². The lowest BCUT2D eigenvalue weighted by molar-refractivity contribution is 1.24. The van der Waals surface area contributed by atoms with E-state index in [0.29, 0.717) is 11.3 Å². The topological polar surface area (TPSA) is 49.6 Å². The van der Waals surface area contributed by atoms with Crippen molar-refractivity contribution >= 4 is 42.3 Å². The molecule has 172 valence electrons. The first-order valence-electron chi connectivity index (χ1n) is 12.0. The largest absolute Gasteiger partial charge is 0.255 e. The molecule has 0 aliphatic carbocycles. The molecule has 0 aliphatic rings. The summed E-state index contributed by atoms with van der Waals surface area (Å²) in [6.07, 6.45) is 3.53. The zero-order chi connectivity index (χ0) is 24.8. The van der Waals surface area contributed by atoms with Crippen LogP contribution in [0.2, 0.25) is 0 Å². The SMILES string of the molecule is N#Cc1ccnc(-c2ccc(-c3ccc4c(c3)sc3cc(-c5ccccc5)c5ccccc5c34)cn2)c1. The van der Waals surface area contributed by atoms with Crippen molar-refractivity contribution in [1.82, 2.24) is 9.97 Å². The fourth-order valence-corrected chi connectivity index (χ4v) is 6.23. The zero-order valence-corrected chi connectivity index (χ0v) is 20.5. The van der Waals surface area contributed by atoms with Crippen LogP contribution in [0.3, 0.4) is 0 Å². The number of rotatable bonds is 3. The second-order valence-corrected chi connectivity index (χ2v) is 10.1. The van der Waals surface area contributed by atoms with Gasteiger partial charge in [-0.1, -0.05) is 72.8 Å². The maximum Gasteiger partial charge on any atom is 0.0992 e. The maximum absolute atomic E-state index is 9.18. The molecule has 0 unspecified atom stereocenters. The monoisotopic (exact) mass is 489 g/mol. The number of hydrogen-bond donors (Lipinski definition) is 0. The van der Waals surface area contributed by atoms with E-state index in [1.165, 1.54) is 42.1 Å². The molecule has 0 fully saturated rings. The Bertz CT molecular complexity index is 1980. The predicted molar refractivity (Wildman–Crippen MR) is 153 cm³/mol. The van der Waals surface area contributed by atoms with Crippen molar-refractivity contribution in [2.75, 3.05) is 0 Å². The second kappa shape index (κ2) is 8.67. The normalized spacial score (nSPS) is 11.2. The molecule has 0 amide bonds. The fourth-order valence-electron chi connectivity index (χ4n) is 5.03. The fraction of sp³-hybridized carbons (Fsp3) is 0. The van der Waals surface area contributed by atoms with Crippen LogP contribution < -0.4 is 0 Å². The number of hydrogen-bond acceptors (Lipinski definition) is 4. The Morgan fingerprint density at radius 2 is 1.41 bits per heavy atom. The highest BCUT2D eigenvalue weighted by Gasteiger charge is 2.14. The molecule has 0 saturated heterocycles. The van der Waals surface area contributed by atoms with Crippen LogP contribution >= 0.6 is 11.3 Å². The summed E-state index contributed by atoms with van der Waals surface area (Å²) < 4.78 is 2.55. The summed E-state index contributed by atoms with van der Waals surface area (Å²) >= 11 is 1.84. The molecule has 3 aromatic heterocycles. The Morgan fingerprint density at radius 3 is 2.22 bits per heavy atom. The van der Waals surface area contributed by atoms with Crippen LogP contribution in [0.1, 0.15) is 5.56 Å². The lowest BCUT2D eigenvalue weighted by Crippen LogP contribution is -1.89. The van der Waals surface area contributed by atoms with Crippen molar-refractivity contribution in [2.24, 2.45) is 0 Å². The summed E-state index contributed by atoms with van der Waals surface area (Å²) in [5.41, 5.74) is 6.72. The minimum absolute atomic E-state index is 0.578. The molecule has 0 radical (unpaired) electrons. The van der Waals surface area contributed by atoms with Crippen molar-refractivity contribution in [3.63, 3.8) is 0 Å². The maximum atomic E-state index is 9.18. The Hall–Kier alpha value is -4.85. The molecule has 0 bridgehead atoms. The summed E-state index contributed by atoms with van der Waals surface area (Å²) in [5, 5.41) is 14.3. The number of pyridine rings is 2. The highest BCUT2D eigenvalue weighted by molar-refractivity contribution is 7.26. The van der Waals surface area contributed by atoms with Crippen molar-refractivity contribution in [3.05, 3.63) is 121 Å². The Labute approximate surface area is 217 Å². The van der Waals surface area contributed by atoms with Crippen molar-refractivity contribution in [1.29, 1.82) is 5.26 Å².